The van der Waals surface area contributed by atoms with Gasteiger partial charge < -0.3 is 0 Å². The summed E-state index contributed by atoms with van der Waals surface area (Å²) >= 11 is 1.92. The van der Waals surface area contributed by atoms with Crippen LogP contribution in [-0.2, 0) is 12.8 Å². The number of hydrogen-bond acceptors (Lipinski definition) is 2. The molecule has 78 valence electrons. The highest BCUT2D eigenvalue weighted by Gasteiger charge is 2.48. The van der Waals surface area contributed by atoms with Gasteiger partial charge in [0.05, 0.1) is 10.7 Å². The highest BCUT2D eigenvalue weighted by Crippen LogP contribution is 2.59. The van der Waals surface area contributed by atoms with Gasteiger partial charge >= 0.3 is 0 Å². The van der Waals surface area contributed by atoms with Gasteiger partial charge in [-0.2, -0.15) is 0 Å². The Kier molecular flexibility index (Phi) is 2.42. The minimum Gasteiger partial charge on any atom is -0.246 e. The summed E-state index contributed by atoms with van der Waals surface area (Å²) in [5, 5.41) is 1.32. The van der Waals surface area contributed by atoms with Crippen LogP contribution in [0.5, 0.6) is 0 Å². The van der Waals surface area contributed by atoms with Crippen LogP contribution in [0.4, 0.5) is 0 Å². The molecule has 1 aliphatic carbocycles. The lowest BCUT2D eigenvalue weighted by atomic mass is 10.1. The van der Waals surface area contributed by atoms with Gasteiger partial charge in [-0.15, -0.1) is 11.3 Å². The molecule has 1 aromatic rings. The molecule has 1 nitrogen and oxygen atoms in total. The van der Waals surface area contributed by atoms with Gasteiger partial charge in [-0.05, 0) is 24.7 Å². The Balaban J connectivity index is 2.28. The first-order valence-electron chi connectivity index (χ1n) is 5.57. The number of hydrogen-bond donors (Lipinski definition) is 0. The zero-order chi connectivity index (χ0) is 10.3. The summed E-state index contributed by atoms with van der Waals surface area (Å²) in [5.74, 6) is 0.744. The molecule has 2 rings (SSSR count). The molecule has 0 bridgehead atoms. The fraction of sp³-hybridized carbons (Fsp3) is 0.750. The molecule has 0 saturated heterocycles. The topological polar surface area (TPSA) is 12.9 Å². The smallest absolute Gasteiger partial charge is 0.0928 e. The van der Waals surface area contributed by atoms with E-state index < -0.39 is 0 Å². The van der Waals surface area contributed by atoms with Crippen LogP contribution in [0, 0.1) is 5.41 Å². The molecule has 14 heavy (non-hydrogen) atoms. The third-order valence-electron chi connectivity index (χ3n) is 3.24. The summed E-state index contributed by atoms with van der Waals surface area (Å²) < 4.78 is 0. The van der Waals surface area contributed by atoms with E-state index in [1.807, 2.05) is 11.3 Å². The van der Waals surface area contributed by atoms with E-state index in [-0.39, 0.29) is 0 Å². The molecule has 0 aliphatic heterocycles. The predicted molar refractivity (Wildman–Crippen MR) is 62.0 cm³/mol. The molecular formula is C12H19NS. The first kappa shape index (κ1) is 10.2. The quantitative estimate of drug-likeness (QED) is 0.738. The summed E-state index contributed by atoms with van der Waals surface area (Å²) in [6, 6.07) is 0. The maximum absolute atomic E-state index is 4.78. The van der Waals surface area contributed by atoms with Gasteiger partial charge in [0.25, 0.3) is 0 Å². The van der Waals surface area contributed by atoms with E-state index in [1.54, 1.807) is 0 Å². The molecule has 1 atom stereocenters. The Morgan fingerprint density at radius 2 is 2.00 bits per heavy atom. The van der Waals surface area contributed by atoms with Crippen LogP contribution in [0.3, 0.4) is 0 Å². The molecule has 1 fully saturated rings. The average Bonchev–Trinajstić information content (AvgIpc) is 2.65. The van der Waals surface area contributed by atoms with E-state index in [1.165, 1.54) is 22.0 Å². The predicted octanol–water partition coefficient (Wildman–Crippen LogP) is 3.78. The van der Waals surface area contributed by atoms with Crippen molar-refractivity contribution in [3.63, 3.8) is 0 Å². The molecule has 0 aromatic carbocycles. The highest BCUT2D eigenvalue weighted by molar-refractivity contribution is 7.11. The third-order valence-corrected chi connectivity index (χ3v) is 4.60. The largest absolute Gasteiger partial charge is 0.246 e. The summed E-state index contributed by atoms with van der Waals surface area (Å²) in [7, 11) is 0. The summed E-state index contributed by atoms with van der Waals surface area (Å²) in [6.07, 6.45) is 3.57. The molecule has 0 radical (unpaired) electrons. The van der Waals surface area contributed by atoms with E-state index in [0.29, 0.717) is 5.41 Å². The lowest BCUT2D eigenvalue weighted by Gasteiger charge is -2.01. The van der Waals surface area contributed by atoms with Crippen LogP contribution in [0.25, 0.3) is 0 Å². The number of thiazole rings is 1. The Morgan fingerprint density at radius 1 is 1.36 bits per heavy atom. The summed E-state index contributed by atoms with van der Waals surface area (Å²) in [6.45, 7) is 9.13. The zero-order valence-electron chi connectivity index (χ0n) is 9.55. The molecule has 0 N–H and O–H groups in total. The van der Waals surface area contributed by atoms with Gasteiger partial charge in [0, 0.05) is 10.8 Å². The van der Waals surface area contributed by atoms with Gasteiger partial charge in [0.2, 0.25) is 0 Å². The van der Waals surface area contributed by atoms with Crippen LogP contribution in [0.2, 0.25) is 0 Å². The van der Waals surface area contributed by atoms with E-state index >= 15 is 0 Å². The Morgan fingerprint density at radius 3 is 2.43 bits per heavy atom. The van der Waals surface area contributed by atoms with Crippen molar-refractivity contribution in [3.05, 3.63) is 15.6 Å². The molecule has 1 aliphatic rings. The maximum atomic E-state index is 4.78. The highest BCUT2D eigenvalue weighted by atomic mass is 32.1. The van der Waals surface area contributed by atoms with Crippen molar-refractivity contribution in [2.24, 2.45) is 5.41 Å². The second-order valence-corrected chi connectivity index (χ2v) is 6.04. The van der Waals surface area contributed by atoms with E-state index in [0.717, 1.165) is 18.8 Å². The molecular weight excluding hydrogens is 190 g/mol. The lowest BCUT2D eigenvalue weighted by molar-refractivity contribution is 0.614. The van der Waals surface area contributed by atoms with Gasteiger partial charge in [-0.1, -0.05) is 27.7 Å². The Bertz CT molecular complexity index is 338. The molecule has 1 heterocycles. The van der Waals surface area contributed by atoms with Gasteiger partial charge in [-0.3, -0.25) is 0 Å². The third kappa shape index (κ3) is 1.60. The average molecular weight is 209 g/mol. The van der Waals surface area contributed by atoms with Crippen molar-refractivity contribution in [1.82, 2.24) is 4.98 Å². The minimum absolute atomic E-state index is 0.517. The first-order valence-corrected chi connectivity index (χ1v) is 6.38. The first-order chi connectivity index (χ1) is 6.58. The zero-order valence-corrected chi connectivity index (χ0v) is 10.4. The van der Waals surface area contributed by atoms with E-state index in [2.05, 4.69) is 27.7 Å². The molecule has 1 saturated carbocycles. The van der Waals surface area contributed by atoms with Crippen LogP contribution in [0.1, 0.15) is 55.6 Å². The maximum Gasteiger partial charge on any atom is 0.0928 e. The number of rotatable bonds is 3. The van der Waals surface area contributed by atoms with Crippen LogP contribution >= 0.6 is 11.3 Å². The van der Waals surface area contributed by atoms with Crippen molar-refractivity contribution in [1.29, 1.82) is 0 Å². The normalized spacial score (nSPS) is 23.9. The molecule has 0 amide bonds. The van der Waals surface area contributed by atoms with E-state index in [9.17, 15) is 0 Å². The SMILES string of the molecule is CCc1nc(C2CC2(C)C)c(CC)s1. The number of aromatic nitrogens is 1. The minimum atomic E-state index is 0.517. The second-order valence-electron chi connectivity index (χ2n) is 4.87. The number of nitrogens with zero attached hydrogens (tertiary/aromatic N) is 1. The fourth-order valence-corrected chi connectivity index (χ4v) is 3.03. The van der Waals surface area contributed by atoms with Gasteiger partial charge in [0.1, 0.15) is 0 Å². The van der Waals surface area contributed by atoms with Crippen molar-refractivity contribution < 1.29 is 0 Å². The van der Waals surface area contributed by atoms with Crippen molar-refractivity contribution in [3.8, 4) is 0 Å². The standard InChI is InChI=1S/C12H19NS/c1-5-9-11(8-7-12(8,3)4)13-10(6-2)14-9/h8H,5-7H2,1-4H3. The molecule has 1 unspecified atom stereocenters. The van der Waals surface area contributed by atoms with Crippen molar-refractivity contribution in [2.45, 2.75) is 52.9 Å². The van der Waals surface area contributed by atoms with Crippen molar-refractivity contribution >= 4 is 11.3 Å². The fourth-order valence-electron chi connectivity index (χ4n) is 2.02. The van der Waals surface area contributed by atoms with Crippen LogP contribution in [-0.4, -0.2) is 4.98 Å². The molecule has 2 heteroatoms. The van der Waals surface area contributed by atoms with Crippen molar-refractivity contribution in [2.75, 3.05) is 0 Å². The Labute approximate surface area is 90.6 Å². The second kappa shape index (κ2) is 3.34. The summed E-state index contributed by atoms with van der Waals surface area (Å²) in [5.41, 5.74) is 1.93. The molecule has 0 spiro atoms. The monoisotopic (exact) mass is 209 g/mol. The van der Waals surface area contributed by atoms with Gasteiger partial charge in [-0.25, -0.2) is 4.98 Å². The van der Waals surface area contributed by atoms with Crippen LogP contribution in [0.15, 0.2) is 0 Å². The van der Waals surface area contributed by atoms with Crippen LogP contribution < -0.4 is 0 Å². The molecule has 1 aromatic heterocycles. The van der Waals surface area contributed by atoms with Gasteiger partial charge in [0.15, 0.2) is 0 Å². The lowest BCUT2D eigenvalue weighted by Crippen LogP contribution is -1.93. The Hall–Kier alpha value is -0.370. The van der Waals surface area contributed by atoms with E-state index in [4.69, 9.17) is 4.98 Å². The number of aryl methyl sites for hydroxylation is 2. The summed E-state index contributed by atoms with van der Waals surface area (Å²) in [4.78, 5) is 6.30.